The molecule has 8 nitrogen and oxygen atoms in total. The van der Waals surface area contributed by atoms with Crippen LogP contribution >= 0.6 is 0 Å². The van der Waals surface area contributed by atoms with Crippen molar-refractivity contribution >= 4 is 11.4 Å². The van der Waals surface area contributed by atoms with Crippen molar-refractivity contribution in [1.29, 1.82) is 0 Å². The Hall–Kier alpha value is -3.16. The van der Waals surface area contributed by atoms with Crippen molar-refractivity contribution in [2.75, 3.05) is 18.0 Å². The second-order valence-corrected chi connectivity index (χ2v) is 6.30. The number of nitrogens with zero attached hydrogens (tertiary/aromatic N) is 4. The Morgan fingerprint density at radius 2 is 1.46 bits per heavy atom. The Morgan fingerprint density at radius 1 is 0.962 bits per heavy atom. The lowest BCUT2D eigenvalue weighted by molar-refractivity contribution is -0.677. The number of anilines is 1. The maximum atomic E-state index is 10.9. The Bertz CT molecular complexity index is 824. The van der Waals surface area contributed by atoms with Gasteiger partial charge in [-0.3, -0.25) is 10.1 Å². The highest BCUT2D eigenvalue weighted by Gasteiger charge is 2.15. The van der Waals surface area contributed by atoms with Gasteiger partial charge in [-0.05, 0) is 12.1 Å². The second-order valence-electron chi connectivity index (χ2n) is 6.30. The molecule has 0 fully saturated rings. The van der Waals surface area contributed by atoms with E-state index in [0.29, 0.717) is 0 Å². The zero-order valence-corrected chi connectivity index (χ0v) is 15.1. The molecule has 0 aliphatic rings. The first-order valence-corrected chi connectivity index (χ1v) is 8.58. The van der Waals surface area contributed by atoms with Crippen LogP contribution in [-0.4, -0.2) is 28.0 Å². The molecule has 0 aliphatic carbocycles. The van der Waals surface area contributed by atoms with Crippen molar-refractivity contribution in [2.24, 2.45) is 14.1 Å². The molecule has 2 heterocycles. The first kappa shape index (κ1) is 17.7. The number of H-pyrrole nitrogens is 2. The van der Waals surface area contributed by atoms with Crippen molar-refractivity contribution in [3.63, 3.8) is 0 Å². The lowest BCUT2D eigenvalue weighted by atomic mass is 10.2. The minimum absolute atomic E-state index is 0.111. The summed E-state index contributed by atoms with van der Waals surface area (Å²) in [6, 6.07) is 6.76. The molecule has 0 radical (unpaired) electrons. The molecule has 136 valence electrons. The molecule has 0 spiro atoms. The van der Waals surface area contributed by atoms with Gasteiger partial charge in [0.2, 0.25) is 0 Å². The van der Waals surface area contributed by atoms with E-state index in [0.717, 1.165) is 43.3 Å². The molecule has 0 aliphatic heterocycles. The van der Waals surface area contributed by atoms with E-state index in [2.05, 4.69) is 24.0 Å². The van der Waals surface area contributed by atoms with Crippen LogP contribution in [0.1, 0.15) is 11.6 Å². The minimum atomic E-state index is -0.369. The Balaban J connectivity index is 1.74. The molecule has 2 N–H and O–H groups in total. The van der Waals surface area contributed by atoms with E-state index in [1.807, 2.05) is 51.0 Å². The predicted molar refractivity (Wildman–Crippen MR) is 96.7 cm³/mol. The van der Waals surface area contributed by atoms with E-state index in [9.17, 15) is 10.1 Å². The third-order valence-electron chi connectivity index (χ3n) is 4.61. The van der Waals surface area contributed by atoms with Gasteiger partial charge in [-0.2, -0.15) is 0 Å². The summed E-state index contributed by atoms with van der Waals surface area (Å²) in [6.07, 6.45) is 9.54. The van der Waals surface area contributed by atoms with Gasteiger partial charge in [0.1, 0.15) is 24.8 Å². The lowest BCUT2D eigenvalue weighted by Gasteiger charge is -2.23. The number of imidazole rings is 2. The van der Waals surface area contributed by atoms with Gasteiger partial charge in [-0.15, -0.1) is 0 Å². The number of nitrogens with one attached hydrogen (secondary N) is 2. The molecule has 0 saturated heterocycles. The zero-order valence-electron chi connectivity index (χ0n) is 15.1. The number of rotatable bonds is 8. The quantitative estimate of drug-likeness (QED) is 0.361. The number of aromatic amines is 2. The first-order valence-electron chi connectivity index (χ1n) is 8.58. The van der Waals surface area contributed by atoms with Crippen LogP contribution in [0.3, 0.4) is 0 Å². The van der Waals surface area contributed by atoms with Gasteiger partial charge in [0.25, 0.3) is 17.3 Å². The normalized spacial score (nSPS) is 10.8. The van der Waals surface area contributed by atoms with E-state index < -0.39 is 0 Å². The van der Waals surface area contributed by atoms with Gasteiger partial charge in [-0.1, -0.05) is 0 Å². The van der Waals surface area contributed by atoms with Crippen LogP contribution in [0, 0.1) is 10.1 Å². The van der Waals surface area contributed by atoms with Gasteiger partial charge in [0, 0.05) is 30.9 Å². The van der Waals surface area contributed by atoms with Crippen LogP contribution in [0.5, 0.6) is 0 Å². The van der Waals surface area contributed by atoms with E-state index in [1.165, 1.54) is 0 Å². The highest BCUT2D eigenvalue weighted by atomic mass is 16.6. The van der Waals surface area contributed by atoms with Crippen LogP contribution in [0.15, 0.2) is 49.1 Å². The van der Waals surface area contributed by atoms with Gasteiger partial charge in [0.05, 0.1) is 31.9 Å². The number of aromatic nitrogens is 4. The highest BCUT2D eigenvalue weighted by molar-refractivity contribution is 5.51. The zero-order chi connectivity index (χ0) is 18.5. The lowest BCUT2D eigenvalue weighted by Crippen LogP contribution is -2.37. The molecule has 3 rings (SSSR count). The van der Waals surface area contributed by atoms with Crippen molar-refractivity contribution in [3.05, 3.63) is 70.8 Å². The molecule has 3 aromatic rings. The number of nitro groups is 1. The van der Waals surface area contributed by atoms with Crippen LogP contribution in [0.25, 0.3) is 0 Å². The van der Waals surface area contributed by atoms with Crippen molar-refractivity contribution in [2.45, 2.75) is 12.8 Å². The predicted octanol–water partition coefficient (Wildman–Crippen LogP) is 1.19. The number of hydrogen-bond acceptors (Lipinski definition) is 3. The third kappa shape index (κ3) is 4.08. The highest BCUT2D eigenvalue weighted by Crippen LogP contribution is 2.19. The molecule has 8 heteroatoms. The van der Waals surface area contributed by atoms with Crippen molar-refractivity contribution in [1.82, 2.24) is 9.97 Å². The number of non-ortho nitro benzene ring substituents is 1. The first-order chi connectivity index (χ1) is 12.5. The van der Waals surface area contributed by atoms with Crippen LogP contribution in [0.2, 0.25) is 0 Å². The fourth-order valence-corrected chi connectivity index (χ4v) is 3.01. The topological polar surface area (TPSA) is 85.7 Å². The Morgan fingerprint density at radius 3 is 1.85 bits per heavy atom. The summed E-state index contributed by atoms with van der Waals surface area (Å²) in [5, 5.41) is 10.9. The number of hydrogen-bond donors (Lipinski definition) is 2. The molecule has 26 heavy (non-hydrogen) atoms. The molecular formula is C18H24N6O2+2. The molecule has 0 atom stereocenters. The maximum absolute atomic E-state index is 10.9. The van der Waals surface area contributed by atoms with Crippen molar-refractivity contribution in [3.8, 4) is 0 Å². The summed E-state index contributed by atoms with van der Waals surface area (Å²) in [5.41, 5.74) is 1.10. The van der Waals surface area contributed by atoms with E-state index in [-0.39, 0.29) is 10.6 Å². The van der Waals surface area contributed by atoms with Crippen LogP contribution < -0.4 is 14.0 Å². The summed E-state index contributed by atoms with van der Waals surface area (Å²) >= 11 is 0. The average Bonchev–Trinajstić information content (AvgIpc) is 3.23. The van der Waals surface area contributed by atoms with Gasteiger partial charge in [-0.25, -0.2) is 19.1 Å². The average molecular weight is 356 g/mol. The molecule has 2 aromatic heterocycles. The number of benzene rings is 1. The van der Waals surface area contributed by atoms with E-state index in [4.69, 9.17) is 0 Å². The van der Waals surface area contributed by atoms with Gasteiger partial charge in [0.15, 0.2) is 0 Å². The maximum Gasteiger partial charge on any atom is 0.269 e. The summed E-state index contributed by atoms with van der Waals surface area (Å²) in [6.45, 7) is 1.63. The fraction of sp³-hybridized carbons (Fsp3) is 0.333. The second kappa shape index (κ2) is 7.81. The fourth-order valence-electron chi connectivity index (χ4n) is 3.01. The largest absolute Gasteiger partial charge is 0.370 e. The molecule has 0 saturated carbocycles. The SMILES string of the molecule is C[n+]1cc[nH]c1CCN(CCc1[nH]cc[n+]1C)c1ccc([N+](=O)[O-])cc1. The smallest absolute Gasteiger partial charge is 0.269 e. The molecule has 0 bridgehead atoms. The Labute approximate surface area is 151 Å². The van der Waals surface area contributed by atoms with E-state index >= 15 is 0 Å². The van der Waals surface area contributed by atoms with Crippen molar-refractivity contribution < 1.29 is 14.1 Å². The molecular weight excluding hydrogens is 332 g/mol. The van der Waals surface area contributed by atoms with Gasteiger partial charge >= 0.3 is 0 Å². The monoisotopic (exact) mass is 356 g/mol. The van der Waals surface area contributed by atoms with Crippen LogP contribution in [-0.2, 0) is 26.9 Å². The van der Waals surface area contributed by atoms with E-state index in [1.54, 1.807) is 12.1 Å². The van der Waals surface area contributed by atoms with Gasteiger partial charge < -0.3 is 4.90 Å². The van der Waals surface area contributed by atoms with Crippen LogP contribution in [0.4, 0.5) is 11.4 Å². The number of aryl methyl sites for hydroxylation is 2. The molecule has 0 amide bonds. The minimum Gasteiger partial charge on any atom is -0.370 e. The molecule has 0 unspecified atom stereocenters. The standard InChI is InChI=1S/C18H22N6O2/c1-21-13-9-19-17(21)7-11-23(12-8-18-20-10-14-22(18)2)15-3-5-16(6-4-15)24(25)26/h3-6,9-10,13-14H,7-8,11-12H2,1-2H3/p+2. The Kier molecular flexibility index (Phi) is 5.31. The summed E-state index contributed by atoms with van der Waals surface area (Å²) in [4.78, 5) is 19.3. The molecule has 1 aromatic carbocycles. The number of nitro benzene ring substituents is 1. The summed E-state index contributed by atoms with van der Waals surface area (Å²) < 4.78 is 4.14. The summed E-state index contributed by atoms with van der Waals surface area (Å²) in [5.74, 6) is 2.28. The third-order valence-corrected chi connectivity index (χ3v) is 4.61. The summed E-state index contributed by atoms with van der Waals surface area (Å²) in [7, 11) is 4.03.